The van der Waals surface area contributed by atoms with Gasteiger partial charge in [-0.3, -0.25) is 4.79 Å². The molecule has 0 atom stereocenters. The van der Waals surface area contributed by atoms with Gasteiger partial charge in [0.1, 0.15) is 12.4 Å². The van der Waals surface area contributed by atoms with Gasteiger partial charge in [-0.15, -0.1) is 10.2 Å². The van der Waals surface area contributed by atoms with E-state index in [0.29, 0.717) is 25.6 Å². The van der Waals surface area contributed by atoms with Crippen LogP contribution in [0.4, 0.5) is 0 Å². The Hall–Kier alpha value is -2.22. The SMILES string of the molecule is CCn1c(Cn2ccnc2)nnc1C1CCN(C(=O)CO)CC1. The van der Waals surface area contributed by atoms with E-state index < -0.39 is 6.61 Å². The number of carbonyl (C=O) groups excluding carboxylic acids is 1. The van der Waals surface area contributed by atoms with E-state index in [9.17, 15) is 4.79 Å². The van der Waals surface area contributed by atoms with Crippen LogP contribution in [-0.4, -0.2) is 59.9 Å². The molecule has 0 aromatic carbocycles. The molecule has 0 radical (unpaired) electrons. The van der Waals surface area contributed by atoms with Crippen molar-refractivity contribution in [1.82, 2.24) is 29.2 Å². The molecule has 2 aromatic heterocycles. The maximum Gasteiger partial charge on any atom is 0.248 e. The first-order chi connectivity index (χ1) is 11.2. The van der Waals surface area contributed by atoms with Gasteiger partial charge in [-0.2, -0.15) is 0 Å². The molecule has 124 valence electrons. The largest absolute Gasteiger partial charge is 0.387 e. The molecule has 2 aromatic rings. The molecule has 0 spiro atoms. The van der Waals surface area contributed by atoms with Crippen LogP contribution < -0.4 is 0 Å². The number of likely N-dealkylation sites (tertiary alicyclic amines) is 1. The van der Waals surface area contributed by atoms with Crippen LogP contribution >= 0.6 is 0 Å². The van der Waals surface area contributed by atoms with Crippen molar-refractivity contribution in [3.05, 3.63) is 30.4 Å². The van der Waals surface area contributed by atoms with E-state index in [1.165, 1.54) is 0 Å². The van der Waals surface area contributed by atoms with Gasteiger partial charge in [-0.1, -0.05) is 0 Å². The summed E-state index contributed by atoms with van der Waals surface area (Å²) in [6.07, 6.45) is 7.14. The quantitative estimate of drug-likeness (QED) is 0.853. The third-order valence-corrected chi connectivity index (χ3v) is 4.40. The summed E-state index contributed by atoms with van der Waals surface area (Å²) < 4.78 is 4.14. The fourth-order valence-electron chi connectivity index (χ4n) is 3.14. The number of aliphatic hydroxyl groups is 1. The van der Waals surface area contributed by atoms with E-state index in [0.717, 1.165) is 31.0 Å². The molecule has 0 unspecified atom stereocenters. The van der Waals surface area contributed by atoms with Gasteiger partial charge in [0.05, 0.1) is 12.9 Å². The summed E-state index contributed by atoms with van der Waals surface area (Å²) in [6.45, 7) is 4.49. The van der Waals surface area contributed by atoms with Gasteiger partial charge in [0.25, 0.3) is 0 Å². The summed E-state index contributed by atoms with van der Waals surface area (Å²) in [5, 5.41) is 17.7. The van der Waals surface area contributed by atoms with E-state index in [2.05, 4.69) is 26.7 Å². The van der Waals surface area contributed by atoms with Crippen LogP contribution in [0.1, 0.15) is 37.3 Å². The molecule has 0 aliphatic carbocycles. The Labute approximate surface area is 134 Å². The molecule has 1 fully saturated rings. The van der Waals surface area contributed by atoms with Gasteiger partial charge in [-0.05, 0) is 19.8 Å². The molecule has 0 bridgehead atoms. The van der Waals surface area contributed by atoms with Gasteiger partial charge in [0.2, 0.25) is 5.91 Å². The lowest BCUT2D eigenvalue weighted by molar-refractivity contribution is -0.135. The summed E-state index contributed by atoms with van der Waals surface area (Å²) in [7, 11) is 0. The predicted octanol–water partition coefficient (Wildman–Crippen LogP) is 0.241. The molecular formula is C15H22N6O2. The molecule has 1 aliphatic heterocycles. The first-order valence-electron chi connectivity index (χ1n) is 7.99. The smallest absolute Gasteiger partial charge is 0.248 e. The molecule has 3 heterocycles. The van der Waals surface area contributed by atoms with Crippen molar-refractivity contribution in [2.75, 3.05) is 19.7 Å². The number of hydrogen-bond acceptors (Lipinski definition) is 5. The minimum Gasteiger partial charge on any atom is -0.387 e. The highest BCUT2D eigenvalue weighted by Gasteiger charge is 2.27. The minimum absolute atomic E-state index is 0.193. The average Bonchev–Trinajstić information content (AvgIpc) is 3.24. The van der Waals surface area contributed by atoms with Crippen molar-refractivity contribution in [2.45, 2.75) is 38.8 Å². The Kier molecular flexibility index (Phi) is 4.71. The van der Waals surface area contributed by atoms with Crippen LogP contribution in [0.5, 0.6) is 0 Å². The molecule has 23 heavy (non-hydrogen) atoms. The van der Waals surface area contributed by atoms with Gasteiger partial charge in [0.15, 0.2) is 5.82 Å². The molecule has 1 amide bonds. The fraction of sp³-hybridized carbons (Fsp3) is 0.600. The van der Waals surface area contributed by atoms with Gasteiger partial charge in [0, 0.05) is 37.9 Å². The second-order valence-corrected chi connectivity index (χ2v) is 5.77. The Morgan fingerprint density at radius 1 is 1.35 bits per heavy atom. The summed E-state index contributed by atoms with van der Waals surface area (Å²) >= 11 is 0. The van der Waals surface area contributed by atoms with Crippen LogP contribution in [-0.2, 0) is 17.9 Å². The monoisotopic (exact) mass is 318 g/mol. The fourth-order valence-corrected chi connectivity index (χ4v) is 3.14. The maximum atomic E-state index is 11.5. The number of aliphatic hydroxyl groups excluding tert-OH is 1. The standard InChI is InChI=1S/C15H22N6O2/c1-2-21-13(9-19-8-5-16-11-19)17-18-15(21)12-3-6-20(7-4-12)14(23)10-22/h5,8,11-12,22H,2-4,6-7,9-10H2,1H3. The van der Waals surface area contributed by atoms with Crippen molar-refractivity contribution in [3.8, 4) is 0 Å². The molecule has 1 aliphatic rings. The lowest BCUT2D eigenvalue weighted by Gasteiger charge is -2.31. The number of hydrogen-bond donors (Lipinski definition) is 1. The normalized spacial score (nSPS) is 16.0. The number of amides is 1. The van der Waals surface area contributed by atoms with Crippen LogP contribution in [0.2, 0.25) is 0 Å². The first kappa shape index (κ1) is 15.7. The molecule has 8 nitrogen and oxygen atoms in total. The average molecular weight is 318 g/mol. The Morgan fingerprint density at radius 3 is 2.74 bits per heavy atom. The Morgan fingerprint density at radius 2 is 2.13 bits per heavy atom. The zero-order valence-corrected chi connectivity index (χ0v) is 13.3. The van der Waals surface area contributed by atoms with Crippen LogP contribution in [0.25, 0.3) is 0 Å². The lowest BCUT2D eigenvalue weighted by Crippen LogP contribution is -2.39. The van der Waals surface area contributed by atoms with E-state index >= 15 is 0 Å². The van der Waals surface area contributed by atoms with Crippen LogP contribution in [0.3, 0.4) is 0 Å². The summed E-state index contributed by atoms with van der Waals surface area (Å²) in [5.41, 5.74) is 0. The zero-order chi connectivity index (χ0) is 16.2. The van der Waals surface area contributed by atoms with Crippen LogP contribution in [0, 0.1) is 0 Å². The number of imidazole rings is 1. The maximum absolute atomic E-state index is 11.5. The number of aromatic nitrogens is 5. The third-order valence-electron chi connectivity index (χ3n) is 4.40. The lowest BCUT2D eigenvalue weighted by atomic mass is 9.96. The van der Waals surface area contributed by atoms with Crippen molar-refractivity contribution in [3.63, 3.8) is 0 Å². The van der Waals surface area contributed by atoms with Crippen molar-refractivity contribution in [1.29, 1.82) is 0 Å². The molecule has 0 saturated carbocycles. The predicted molar refractivity (Wildman–Crippen MR) is 82.7 cm³/mol. The van der Waals surface area contributed by atoms with E-state index in [1.807, 2.05) is 10.8 Å². The number of carbonyl (C=O) groups is 1. The van der Waals surface area contributed by atoms with Gasteiger partial charge in [-0.25, -0.2) is 4.98 Å². The second kappa shape index (κ2) is 6.91. The summed E-state index contributed by atoms with van der Waals surface area (Å²) in [4.78, 5) is 17.3. The highest BCUT2D eigenvalue weighted by molar-refractivity contribution is 5.77. The van der Waals surface area contributed by atoms with Gasteiger partial charge >= 0.3 is 0 Å². The Bertz CT molecular complexity index is 643. The highest BCUT2D eigenvalue weighted by Crippen LogP contribution is 2.27. The molecule has 1 saturated heterocycles. The number of nitrogens with zero attached hydrogens (tertiary/aromatic N) is 6. The topological polar surface area (TPSA) is 89.1 Å². The van der Waals surface area contributed by atoms with Crippen LogP contribution in [0.15, 0.2) is 18.7 Å². The van der Waals surface area contributed by atoms with Crippen molar-refractivity contribution in [2.24, 2.45) is 0 Å². The minimum atomic E-state index is -0.412. The molecule has 3 rings (SSSR count). The molecule has 8 heteroatoms. The van der Waals surface area contributed by atoms with Gasteiger partial charge < -0.3 is 19.1 Å². The molecular weight excluding hydrogens is 296 g/mol. The third kappa shape index (κ3) is 3.26. The van der Waals surface area contributed by atoms with E-state index in [4.69, 9.17) is 5.11 Å². The zero-order valence-electron chi connectivity index (χ0n) is 13.3. The number of piperidine rings is 1. The van der Waals surface area contributed by atoms with Crippen molar-refractivity contribution < 1.29 is 9.90 Å². The van der Waals surface area contributed by atoms with Crippen molar-refractivity contribution >= 4 is 5.91 Å². The first-order valence-corrected chi connectivity index (χ1v) is 7.99. The number of rotatable bonds is 5. The summed E-state index contributed by atoms with van der Waals surface area (Å²) in [5.74, 6) is 2.04. The summed E-state index contributed by atoms with van der Waals surface area (Å²) in [6, 6.07) is 0. The molecule has 1 N–H and O–H groups in total. The highest BCUT2D eigenvalue weighted by atomic mass is 16.3. The Balaban J connectivity index is 1.71. The second-order valence-electron chi connectivity index (χ2n) is 5.77. The van der Waals surface area contributed by atoms with E-state index in [1.54, 1.807) is 17.4 Å². The van der Waals surface area contributed by atoms with E-state index in [-0.39, 0.29) is 5.91 Å².